The molecule has 2 aromatic rings. The number of nitrogens with zero attached hydrogens (tertiary/aromatic N) is 1. The summed E-state index contributed by atoms with van der Waals surface area (Å²) in [7, 11) is 0. The number of aryl methyl sites for hydroxylation is 1. The number of benzene rings is 1. The zero-order chi connectivity index (χ0) is 11.5. The molecule has 2 N–H and O–H groups in total. The van der Waals surface area contributed by atoms with E-state index in [2.05, 4.69) is 0 Å². The van der Waals surface area contributed by atoms with Gasteiger partial charge in [-0.3, -0.25) is 4.57 Å². The Hall–Kier alpha value is -1.97. The minimum absolute atomic E-state index is 0.0274. The maximum Gasteiger partial charge on any atom is 0.193 e. The standard InChI is InChI=1S/C12H12FNO2/c13-10-3-1-9(2-4-10)7-8-14-11(15)5-6-12(14)16/h1-6,15-16H,7-8H2. The molecular weight excluding hydrogens is 209 g/mol. The first-order chi connectivity index (χ1) is 7.66. The minimum Gasteiger partial charge on any atom is -0.494 e. The summed E-state index contributed by atoms with van der Waals surface area (Å²) in [5.74, 6) is -0.213. The predicted octanol–water partition coefficient (Wildman–Crippen LogP) is 2.28. The van der Waals surface area contributed by atoms with Crippen LogP contribution in [0.3, 0.4) is 0 Å². The van der Waals surface area contributed by atoms with Gasteiger partial charge in [0.2, 0.25) is 0 Å². The molecule has 4 heteroatoms. The van der Waals surface area contributed by atoms with Gasteiger partial charge in [0.1, 0.15) is 5.82 Å². The fourth-order valence-electron chi connectivity index (χ4n) is 1.57. The first-order valence-corrected chi connectivity index (χ1v) is 4.99. The third kappa shape index (κ3) is 2.16. The molecule has 2 rings (SSSR count). The Morgan fingerprint density at radius 2 is 1.50 bits per heavy atom. The summed E-state index contributed by atoms with van der Waals surface area (Å²) in [4.78, 5) is 0. The summed E-state index contributed by atoms with van der Waals surface area (Å²) in [6.45, 7) is 0.455. The van der Waals surface area contributed by atoms with Crippen LogP contribution in [0.25, 0.3) is 0 Å². The lowest BCUT2D eigenvalue weighted by Gasteiger charge is -2.06. The third-order valence-electron chi connectivity index (χ3n) is 2.47. The van der Waals surface area contributed by atoms with E-state index < -0.39 is 0 Å². The lowest BCUT2D eigenvalue weighted by atomic mass is 10.1. The Bertz CT molecular complexity index is 457. The number of hydrogen-bond acceptors (Lipinski definition) is 2. The first-order valence-electron chi connectivity index (χ1n) is 4.99. The number of aromatic hydroxyl groups is 2. The largest absolute Gasteiger partial charge is 0.494 e. The van der Waals surface area contributed by atoms with Crippen LogP contribution in [0.15, 0.2) is 36.4 Å². The summed E-state index contributed by atoms with van der Waals surface area (Å²) < 4.78 is 14.0. The molecule has 0 saturated heterocycles. The quantitative estimate of drug-likeness (QED) is 0.835. The molecular formula is C12H12FNO2. The Kier molecular flexibility index (Phi) is 2.81. The van der Waals surface area contributed by atoms with Crippen LogP contribution in [0.2, 0.25) is 0 Å². The van der Waals surface area contributed by atoms with Crippen LogP contribution in [0.4, 0.5) is 4.39 Å². The average molecular weight is 221 g/mol. The first kappa shape index (κ1) is 10.5. The number of rotatable bonds is 3. The molecule has 1 aromatic carbocycles. The second-order valence-electron chi connectivity index (χ2n) is 3.58. The van der Waals surface area contributed by atoms with E-state index >= 15 is 0 Å². The molecule has 1 aromatic heterocycles. The second-order valence-corrected chi connectivity index (χ2v) is 3.58. The van der Waals surface area contributed by atoms with Gasteiger partial charge in [0.15, 0.2) is 11.8 Å². The van der Waals surface area contributed by atoms with Gasteiger partial charge < -0.3 is 10.2 Å². The maximum atomic E-state index is 12.6. The molecule has 1 heterocycles. The van der Waals surface area contributed by atoms with Gasteiger partial charge in [-0.05, 0) is 24.1 Å². The molecule has 84 valence electrons. The van der Waals surface area contributed by atoms with Crippen molar-refractivity contribution in [3.8, 4) is 11.8 Å². The van der Waals surface area contributed by atoms with Crippen molar-refractivity contribution in [2.45, 2.75) is 13.0 Å². The van der Waals surface area contributed by atoms with Crippen LogP contribution in [0, 0.1) is 5.82 Å². The highest BCUT2D eigenvalue weighted by molar-refractivity contribution is 5.24. The lowest BCUT2D eigenvalue weighted by molar-refractivity contribution is 0.368. The molecule has 0 spiro atoms. The van der Waals surface area contributed by atoms with Gasteiger partial charge in [0.25, 0.3) is 0 Å². The average Bonchev–Trinajstić information content (AvgIpc) is 2.59. The van der Waals surface area contributed by atoms with Crippen LogP contribution >= 0.6 is 0 Å². The summed E-state index contributed by atoms with van der Waals surface area (Å²) in [6, 6.07) is 9.02. The van der Waals surface area contributed by atoms with Crippen LogP contribution in [-0.4, -0.2) is 14.8 Å². The SMILES string of the molecule is Oc1ccc(O)n1CCc1ccc(F)cc1. The van der Waals surface area contributed by atoms with E-state index in [0.717, 1.165) is 5.56 Å². The minimum atomic E-state index is -0.268. The van der Waals surface area contributed by atoms with Gasteiger partial charge in [0, 0.05) is 18.7 Å². The Labute approximate surface area is 92.4 Å². The van der Waals surface area contributed by atoms with Crippen LogP contribution in [-0.2, 0) is 13.0 Å². The number of halogens is 1. The summed E-state index contributed by atoms with van der Waals surface area (Å²) >= 11 is 0. The van der Waals surface area contributed by atoms with E-state index in [4.69, 9.17) is 0 Å². The number of aromatic nitrogens is 1. The van der Waals surface area contributed by atoms with Gasteiger partial charge in [-0.15, -0.1) is 0 Å². The third-order valence-corrected chi connectivity index (χ3v) is 2.47. The maximum absolute atomic E-state index is 12.6. The Morgan fingerprint density at radius 3 is 2.06 bits per heavy atom. The molecule has 0 bridgehead atoms. The molecule has 0 radical (unpaired) electrons. The Balaban J connectivity index is 2.05. The summed E-state index contributed by atoms with van der Waals surface area (Å²) in [6.07, 6.45) is 0.621. The fraction of sp³-hybridized carbons (Fsp3) is 0.167. The molecule has 0 saturated carbocycles. The number of hydrogen-bond donors (Lipinski definition) is 2. The van der Waals surface area contributed by atoms with Crippen molar-refractivity contribution in [1.82, 2.24) is 4.57 Å². The van der Waals surface area contributed by atoms with Crippen LogP contribution in [0.1, 0.15) is 5.56 Å². The molecule has 0 fully saturated rings. The van der Waals surface area contributed by atoms with Crippen molar-refractivity contribution in [2.75, 3.05) is 0 Å². The van der Waals surface area contributed by atoms with E-state index in [1.165, 1.54) is 28.8 Å². The predicted molar refractivity (Wildman–Crippen MR) is 57.9 cm³/mol. The molecule has 0 unspecified atom stereocenters. The van der Waals surface area contributed by atoms with Crippen molar-refractivity contribution < 1.29 is 14.6 Å². The van der Waals surface area contributed by atoms with Gasteiger partial charge in [-0.2, -0.15) is 0 Å². The molecule has 0 amide bonds. The second kappa shape index (κ2) is 4.26. The van der Waals surface area contributed by atoms with Gasteiger partial charge in [-0.25, -0.2) is 4.39 Å². The van der Waals surface area contributed by atoms with Crippen molar-refractivity contribution in [2.24, 2.45) is 0 Å². The van der Waals surface area contributed by atoms with Crippen molar-refractivity contribution in [3.05, 3.63) is 47.8 Å². The van der Waals surface area contributed by atoms with Gasteiger partial charge in [-0.1, -0.05) is 12.1 Å². The Morgan fingerprint density at radius 1 is 0.938 bits per heavy atom. The van der Waals surface area contributed by atoms with Gasteiger partial charge in [0.05, 0.1) is 0 Å². The topological polar surface area (TPSA) is 45.4 Å². The normalized spacial score (nSPS) is 10.6. The van der Waals surface area contributed by atoms with E-state index in [-0.39, 0.29) is 17.6 Å². The molecule has 0 atom stereocenters. The molecule has 0 aliphatic heterocycles. The monoisotopic (exact) mass is 221 g/mol. The van der Waals surface area contributed by atoms with E-state index in [1.807, 2.05) is 0 Å². The summed E-state index contributed by atoms with van der Waals surface area (Å²) in [5, 5.41) is 18.8. The van der Waals surface area contributed by atoms with Crippen LogP contribution < -0.4 is 0 Å². The van der Waals surface area contributed by atoms with Crippen LogP contribution in [0.5, 0.6) is 11.8 Å². The highest BCUT2D eigenvalue weighted by Crippen LogP contribution is 2.21. The molecule has 16 heavy (non-hydrogen) atoms. The zero-order valence-corrected chi connectivity index (χ0v) is 8.60. The van der Waals surface area contributed by atoms with E-state index in [0.29, 0.717) is 13.0 Å². The molecule has 3 nitrogen and oxygen atoms in total. The highest BCUT2D eigenvalue weighted by atomic mass is 19.1. The lowest BCUT2D eigenvalue weighted by Crippen LogP contribution is -2.00. The summed E-state index contributed by atoms with van der Waals surface area (Å²) in [5.41, 5.74) is 0.953. The van der Waals surface area contributed by atoms with Crippen molar-refractivity contribution >= 4 is 0 Å². The van der Waals surface area contributed by atoms with E-state index in [1.54, 1.807) is 12.1 Å². The van der Waals surface area contributed by atoms with Crippen molar-refractivity contribution in [1.29, 1.82) is 0 Å². The smallest absolute Gasteiger partial charge is 0.193 e. The molecule has 0 aliphatic carbocycles. The van der Waals surface area contributed by atoms with Crippen molar-refractivity contribution in [3.63, 3.8) is 0 Å². The zero-order valence-electron chi connectivity index (χ0n) is 8.60. The fourth-order valence-corrected chi connectivity index (χ4v) is 1.57. The van der Waals surface area contributed by atoms with E-state index in [9.17, 15) is 14.6 Å². The molecule has 0 aliphatic rings. The van der Waals surface area contributed by atoms with Gasteiger partial charge >= 0.3 is 0 Å². The highest BCUT2D eigenvalue weighted by Gasteiger charge is 2.05.